The molecule has 3 rings (SSSR count). The number of carbonyl (C=O) groups excluding carboxylic acids is 3. The molecule has 1 fully saturated rings. The first-order valence-corrected chi connectivity index (χ1v) is 8.66. The molecule has 1 heterocycles. The van der Waals surface area contributed by atoms with Crippen LogP contribution in [-0.4, -0.2) is 35.7 Å². The molecule has 2 aromatic rings. The number of ether oxygens (including phenoxy) is 1. The van der Waals surface area contributed by atoms with Crippen LogP contribution < -0.4 is 4.90 Å². The molecule has 0 aliphatic carbocycles. The Bertz CT molecular complexity index is 921. The third kappa shape index (κ3) is 4.22. The van der Waals surface area contributed by atoms with Gasteiger partial charge in [0.05, 0.1) is 10.8 Å². The van der Waals surface area contributed by atoms with Crippen LogP contribution in [-0.2, 0) is 14.3 Å². The molecule has 0 aromatic heterocycles. The number of rotatable bonds is 6. The molecule has 0 N–H and O–H groups in total. The van der Waals surface area contributed by atoms with Gasteiger partial charge in [0.25, 0.3) is 5.69 Å². The standard InChI is InChI=1S/C20H18N2O6/c1-13-2-6-16(7-3-13)21-11-15(10-19(21)24)20(25)28-12-18(23)14-4-8-17(9-5-14)22(26)27/h2-9,15H,10-12H2,1H3/t15-/m1/s1. The molecule has 144 valence electrons. The smallest absolute Gasteiger partial charge is 0.311 e. The molecule has 0 unspecified atom stereocenters. The summed E-state index contributed by atoms with van der Waals surface area (Å²) < 4.78 is 5.07. The Hall–Kier alpha value is -3.55. The van der Waals surface area contributed by atoms with Gasteiger partial charge in [-0.25, -0.2) is 0 Å². The van der Waals surface area contributed by atoms with Crippen LogP contribution in [0.2, 0.25) is 0 Å². The number of nitro groups is 1. The minimum Gasteiger partial charge on any atom is -0.457 e. The SMILES string of the molecule is Cc1ccc(N2C[C@H](C(=O)OCC(=O)c3ccc([N+](=O)[O-])cc3)CC2=O)cc1. The van der Waals surface area contributed by atoms with Crippen molar-refractivity contribution in [3.8, 4) is 0 Å². The number of nitro benzene ring substituents is 1. The second-order valence-electron chi connectivity index (χ2n) is 6.58. The van der Waals surface area contributed by atoms with E-state index in [1.54, 1.807) is 0 Å². The monoisotopic (exact) mass is 382 g/mol. The molecule has 1 aliphatic heterocycles. The highest BCUT2D eigenvalue weighted by Crippen LogP contribution is 2.26. The molecule has 1 amide bonds. The van der Waals surface area contributed by atoms with Gasteiger partial charge in [-0.2, -0.15) is 0 Å². The van der Waals surface area contributed by atoms with Crippen molar-refractivity contribution in [1.29, 1.82) is 0 Å². The second kappa shape index (κ2) is 7.99. The highest BCUT2D eigenvalue weighted by molar-refractivity contribution is 6.01. The van der Waals surface area contributed by atoms with Crippen molar-refractivity contribution < 1.29 is 24.0 Å². The Kier molecular flexibility index (Phi) is 5.49. The zero-order chi connectivity index (χ0) is 20.3. The number of hydrogen-bond acceptors (Lipinski definition) is 6. The first kappa shape index (κ1) is 19.2. The molecule has 1 atom stereocenters. The van der Waals surface area contributed by atoms with Crippen molar-refractivity contribution >= 4 is 29.0 Å². The van der Waals surface area contributed by atoms with E-state index in [1.807, 2.05) is 31.2 Å². The van der Waals surface area contributed by atoms with Crippen molar-refractivity contribution in [3.05, 3.63) is 69.8 Å². The number of Topliss-reactive ketones (excluding diaryl/α,β-unsaturated/α-hetero) is 1. The van der Waals surface area contributed by atoms with Crippen LogP contribution in [0.1, 0.15) is 22.3 Å². The fourth-order valence-corrected chi connectivity index (χ4v) is 2.95. The number of benzene rings is 2. The molecule has 1 saturated heterocycles. The van der Waals surface area contributed by atoms with Gasteiger partial charge in [0.15, 0.2) is 12.4 Å². The minimum absolute atomic E-state index is 0.0262. The molecule has 2 aromatic carbocycles. The largest absolute Gasteiger partial charge is 0.457 e. The summed E-state index contributed by atoms with van der Waals surface area (Å²) in [6.07, 6.45) is 0.0262. The average Bonchev–Trinajstić information content (AvgIpc) is 3.08. The molecule has 0 bridgehead atoms. The Labute approximate surface area is 160 Å². The lowest BCUT2D eigenvalue weighted by molar-refractivity contribution is -0.384. The number of amides is 1. The van der Waals surface area contributed by atoms with Crippen LogP contribution in [0.25, 0.3) is 0 Å². The summed E-state index contributed by atoms with van der Waals surface area (Å²) in [5, 5.41) is 10.6. The number of anilines is 1. The third-order valence-electron chi connectivity index (χ3n) is 4.55. The molecule has 0 spiro atoms. The Morgan fingerprint density at radius 1 is 1.14 bits per heavy atom. The maximum atomic E-state index is 12.3. The molecule has 8 nitrogen and oxygen atoms in total. The molecule has 0 radical (unpaired) electrons. The second-order valence-corrected chi connectivity index (χ2v) is 6.58. The third-order valence-corrected chi connectivity index (χ3v) is 4.55. The summed E-state index contributed by atoms with van der Waals surface area (Å²) in [6, 6.07) is 12.5. The van der Waals surface area contributed by atoms with Gasteiger partial charge in [0, 0.05) is 36.3 Å². The number of hydrogen-bond donors (Lipinski definition) is 0. The fraction of sp³-hybridized carbons (Fsp3) is 0.250. The van der Waals surface area contributed by atoms with Crippen molar-refractivity contribution in [2.24, 2.45) is 5.92 Å². The number of non-ortho nitro benzene ring substituents is 1. The van der Waals surface area contributed by atoms with Gasteiger partial charge in [-0.15, -0.1) is 0 Å². The van der Waals surface area contributed by atoms with Gasteiger partial charge < -0.3 is 9.64 Å². The highest BCUT2D eigenvalue weighted by atomic mass is 16.6. The topological polar surface area (TPSA) is 107 Å². The molecular formula is C20H18N2O6. The van der Waals surface area contributed by atoms with Crippen molar-refractivity contribution in [2.75, 3.05) is 18.1 Å². The van der Waals surface area contributed by atoms with Crippen LogP contribution in [0, 0.1) is 23.0 Å². The Morgan fingerprint density at radius 2 is 1.79 bits per heavy atom. The maximum Gasteiger partial charge on any atom is 0.311 e. The van der Waals surface area contributed by atoms with Crippen LogP contribution >= 0.6 is 0 Å². The van der Waals surface area contributed by atoms with E-state index in [0.717, 1.165) is 5.56 Å². The highest BCUT2D eigenvalue weighted by Gasteiger charge is 2.36. The molecule has 8 heteroatoms. The number of aryl methyl sites for hydroxylation is 1. The van der Waals surface area contributed by atoms with E-state index in [-0.39, 0.29) is 30.1 Å². The van der Waals surface area contributed by atoms with E-state index in [2.05, 4.69) is 0 Å². The maximum absolute atomic E-state index is 12.3. The molecular weight excluding hydrogens is 364 g/mol. The number of esters is 1. The quantitative estimate of drug-likeness (QED) is 0.329. The van der Waals surface area contributed by atoms with E-state index >= 15 is 0 Å². The Balaban J connectivity index is 1.56. The predicted molar refractivity (Wildman–Crippen MR) is 100 cm³/mol. The van der Waals surface area contributed by atoms with E-state index < -0.39 is 29.2 Å². The van der Waals surface area contributed by atoms with E-state index in [9.17, 15) is 24.5 Å². The van der Waals surface area contributed by atoms with E-state index in [4.69, 9.17) is 4.74 Å². The first-order chi connectivity index (χ1) is 13.3. The van der Waals surface area contributed by atoms with Gasteiger partial charge >= 0.3 is 5.97 Å². The first-order valence-electron chi connectivity index (χ1n) is 8.66. The summed E-state index contributed by atoms with van der Waals surface area (Å²) in [4.78, 5) is 48.2. The van der Waals surface area contributed by atoms with Crippen molar-refractivity contribution in [3.63, 3.8) is 0 Å². The van der Waals surface area contributed by atoms with Crippen LogP contribution in [0.5, 0.6) is 0 Å². The lowest BCUT2D eigenvalue weighted by atomic mass is 10.1. The number of carbonyl (C=O) groups is 3. The predicted octanol–water partition coefficient (Wildman–Crippen LogP) is 2.68. The summed E-state index contributed by atoms with van der Waals surface area (Å²) in [5.74, 6) is -1.90. The normalized spacial score (nSPS) is 16.1. The van der Waals surface area contributed by atoms with Crippen LogP contribution in [0.15, 0.2) is 48.5 Å². The molecule has 1 aliphatic rings. The summed E-state index contributed by atoms with van der Waals surface area (Å²) in [6.45, 7) is 1.66. The lowest BCUT2D eigenvalue weighted by Crippen LogP contribution is -2.27. The summed E-state index contributed by atoms with van der Waals surface area (Å²) >= 11 is 0. The van der Waals surface area contributed by atoms with Gasteiger partial charge in [-0.05, 0) is 31.2 Å². The van der Waals surface area contributed by atoms with Crippen LogP contribution in [0.4, 0.5) is 11.4 Å². The van der Waals surface area contributed by atoms with Crippen molar-refractivity contribution in [2.45, 2.75) is 13.3 Å². The molecule has 28 heavy (non-hydrogen) atoms. The van der Waals surface area contributed by atoms with Gasteiger partial charge in [-0.1, -0.05) is 17.7 Å². The van der Waals surface area contributed by atoms with E-state index in [1.165, 1.54) is 29.2 Å². The Morgan fingerprint density at radius 3 is 2.39 bits per heavy atom. The van der Waals surface area contributed by atoms with Gasteiger partial charge in [0.2, 0.25) is 5.91 Å². The number of nitrogens with zero attached hydrogens (tertiary/aromatic N) is 2. The van der Waals surface area contributed by atoms with E-state index in [0.29, 0.717) is 5.69 Å². The minimum atomic E-state index is -0.640. The summed E-state index contributed by atoms with van der Waals surface area (Å²) in [7, 11) is 0. The van der Waals surface area contributed by atoms with Crippen molar-refractivity contribution in [1.82, 2.24) is 0 Å². The summed E-state index contributed by atoms with van der Waals surface area (Å²) in [5.41, 5.74) is 1.86. The molecule has 0 saturated carbocycles. The van der Waals surface area contributed by atoms with Gasteiger partial charge in [-0.3, -0.25) is 24.5 Å². The van der Waals surface area contributed by atoms with Crippen LogP contribution in [0.3, 0.4) is 0 Å². The lowest BCUT2D eigenvalue weighted by Gasteiger charge is -2.16. The number of ketones is 1. The van der Waals surface area contributed by atoms with Gasteiger partial charge in [0.1, 0.15) is 0 Å². The average molecular weight is 382 g/mol. The zero-order valence-corrected chi connectivity index (χ0v) is 15.2. The fourth-order valence-electron chi connectivity index (χ4n) is 2.95. The zero-order valence-electron chi connectivity index (χ0n) is 15.2.